The summed E-state index contributed by atoms with van der Waals surface area (Å²) in [6, 6.07) is 7.01. The van der Waals surface area contributed by atoms with Gasteiger partial charge < -0.3 is 15.4 Å². The Bertz CT molecular complexity index is 526. The van der Waals surface area contributed by atoms with Crippen molar-refractivity contribution in [3.63, 3.8) is 0 Å². The van der Waals surface area contributed by atoms with Crippen LogP contribution in [0.5, 0.6) is 5.75 Å². The van der Waals surface area contributed by atoms with Gasteiger partial charge >= 0.3 is 0 Å². The number of ether oxygens (including phenoxy) is 1. The van der Waals surface area contributed by atoms with Crippen molar-refractivity contribution in [3.8, 4) is 24.2 Å². The molecule has 1 amide bonds. The Hall–Kier alpha value is -2.66. The highest BCUT2D eigenvalue weighted by molar-refractivity contribution is 5.95. The maximum Gasteiger partial charge on any atom is 0.251 e. The number of carbonyl (C=O) groups is 1. The zero-order valence-corrected chi connectivity index (χ0v) is 10.7. The lowest BCUT2D eigenvalue weighted by atomic mass is 10.1. The van der Waals surface area contributed by atoms with Crippen molar-refractivity contribution in [1.29, 1.82) is 5.26 Å². The van der Waals surface area contributed by atoms with Gasteiger partial charge in [0.15, 0.2) is 0 Å². The molecule has 0 radical (unpaired) electrons. The largest absolute Gasteiger partial charge is 0.490 e. The molecule has 1 rings (SSSR count). The summed E-state index contributed by atoms with van der Waals surface area (Å²) in [6.07, 6.45) is 5.46. The van der Waals surface area contributed by atoms with E-state index in [1.54, 1.807) is 25.2 Å². The Morgan fingerprint density at radius 3 is 2.95 bits per heavy atom. The predicted octanol–water partition coefficient (Wildman–Crippen LogP) is 1.38. The van der Waals surface area contributed by atoms with Crippen LogP contribution in [0.3, 0.4) is 0 Å². The van der Waals surface area contributed by atoms with Crippen molar-refractivity contribution in [1.82, 2.24) is 5.32 Å². The van der Waals surface area contributed by atoms with E-state index >= 15 is 0 Å². The minimum atomic E-state index is -0.200. The number of nitriles is 1. The maximum atomic E-state index is 11.5. The van der Waals surface area contributed by atoms with Gasteiger partial charge in [-0.15, -0.1) is 6.42 Å². The second-order valence-electron chi connectivity index (χ2n) is 3.60. The number of nitrogens with one attached hydrogen (secondary N) is 2. The average Bonchev–Trinajstić information content (AvgIpc) is 2.45. The molecule has 0 saturated carbocycles. The first-order chi connectivity index (χ1) is 9.22. The molecule has 1 aromatic carbocycles. The fraction of sp³-hybridized carbons (Fsp3) is 0.286. The molecule has 5 heteroatoms. The number of amides is 1. The van der Waals surface area contributed by atoms with E-state index in [0.717, 1.165) is 0 Å². The minimum Gasteiger partial charge on any atom is -0.490 e. The van der Waals surface area contributed by atoms with E-state index in [9.17, 15) is 4.79 Å². The van der Waals surface area contributed by atoms with Gasteiger partial charge in [0.1, 0.15) is 12.4 Å². The van der Waals surface area contributed by atoms with Crippen molar-refractivity contribution < 1.29 is 9.53 Å². The number of benzene rings is 1. The topological polar surface area (TPSA) is 74.2 Å². The lowest BCUT2D eigenvalue weighted by Crippen LogP contribution is -2.18. The quantitative estimate of drug-likeness (QED) is 0.596. The van der Waals surface area contributed by atoms with Gasteiger partial charge in [0, 0.05) is 12.6 Å². The molecule has 0 saturated heterocycles. The number of hydrogen-bond acceptors (Lipinski definition) is 4. The van der Waals surface area contributed by atoms with E-state index in [2.05, 4.69) is 16.6 Å². The van der Waals surface area contributed by atoms with Gasteiger partial charge in [-0.25, -0.2) is 0 Å². The number of nitrogens with zero attached hydrogens (tertiary/aromatic N) is 1. The molecule has 0 aliphatic heterocycles. The van der Waals surface area contributed by atoms with Crippen LogP contribution >= 0.6 is 0 Å². The summed E-state index contributed by atoms with van der Waals surface area (Å²) >= 11 is 0. The van der Waals surface area contributed by atoms with Crippen LogP contribution in [0, 0.1) is 23.7 Å². The van der Waals surface area contributed by atoms with E-state index in [-0.39, 0.29) is 18.9 Å². The van der Waals surface area contributed by atoms with Crippen LogP contribution in [0.1, 0.15) is 16.8 Å². The summed E-state index contributed by atoms with van der Waals surface area (Å²) in [7, 11) is 1.56. The van der Waals surface area contributed by atoms with Crippen LogP contribution in [0.25, 0.3) is 0 Å². The first-order valence-electron chi connectivity index (χ1n) is 5.76. The van der Waals surface area contributed by atoms with Crippen molar-refractivity contribution in [3.05, 3.63) is 23.8 Å². The van der Waals surface area contributed by atoms with Crippen molar-refractivity contribution in [2.24, 2.45) is 0 Å². The second kappa shape index (κ2) is 7.62. The van der Waals surface area contributed by atoms with Crippen molar-refractivity contribution in [2.75, 3.05) is 25.5 Å². The molecule has 19 heavy (non-hydrogen) atoms. The standard InChI is InChI=1S/C14H15N3O2/c1-3-8-17-12-6-5-11(14(18)16-2)10-13(12)19-9-4-7-15/h1,5-6,10,17H,4,8-9H2,2H3,(H,16,18). The van der Waals surface area contributed by atoms with E-state index in [1.165, 1.54) is 0 Å². The molecule has 0 atom stereocenters. The number of hydrogen-bond donors (Lipinski definition) is 2. The van der Waals surface area contributed by atoms with Crippen LogP contribution < -0.4 is 15.4 Å². The summed E-state index contributed by atoms with van der Waals surface area (Å²) in [6.45, 7) is 0.617. The molecule has 0 fully saturated rings. The Kier molecular flexibility index (Phi) is 5.78. The normalized spacial score (nSPS) is 9.00. The smallest absolute Gasteiger partial charge is 0.251 e. The predicted molar refractivity (Wildman–Crippen MR) is 72.9 cm³/mol. The SMILES string of the molecule is C#CCNc1ccc(C(=O)NC)cc1OCCC#N. The molecule has 0 aromatic heterocycles. The highest BCUT2D eigenvalue weighted by Gasteiger charge is 2.09. The van der Waals surface area contributed by atoms with Crippen LogP contribution in [-0.2, 0) is 0 Å². The molecular weight excluding hydrogens is 242 g/mol. The van der Waals surface area contributed by atoms with Crippen LogP contribution in [0.15, 0.2) is 18.2 Å². The third-order valence-electron chi connectivity index (χ3n) is 2.32. The fourth-order valence-corrected chi connectivity index (χ4v) is 1.43. The third-order valence-corrected chi connectivity index (χ3v) is 2.32. The lowest BCUT2D eigenvalue weighted by Gasteiger charge is -2.12. The van der Waals surface area contributed by atoms with Crippen LogP contribution in [-0.4, -0.2) is 26.1 Å². The molecule has 98 valence electrons. The van der Waals surface area contributed by atoms with E-state index in [4.69, 9.17) is 16.4 Å². The third kappa shape index (κ3) is 4.25. The van der Waals surface area contributed by atoms with Gasteiger partial charge in [0.25, 0.3) is 5.91 Å². The van der Waals surface area contributed by atoms with Crippen molar-refractivity contribution in [2.45, 2.75) is 6.42 Å². The average molecular weight is 257 g/mol. The Morgan fingerprint density at radius 2 is 2.32 bits per heavy atom. The van der Waals surface area contributed by atoms with Gasteiger partial charge in [-0.2, -0.15) is 5.26 Å². The minimum absolute atomic E-state index is 0.200. The lowest BCUT2D eigenvalue weighted by molar-refractivity contribution is 0.0962. The molecule has 0 aliphatic rings. The number of carbonyl (C=O) groups excluding carboxylic acids is 1. The number of terminal acetylenes is 1. The summed E-state index contributed by atoms with van der Waals surface area (Å²) in [5, 5.41) is 14.0. The van der Waals surface area contributed by atoms with Gasteiger partial charge in [0.05, 0.1) is 24.7 Å². The monoisotopic (exact) mass is 257 g/mol. The molecular formula is C14H15N3O2. The summed E-state index contributed by atoms with van der Waals surface area (Å²) in [4.78, 5) is 11.5. The van der Waals surface area contributed by atoms with Gasteiger partial charge in [-0.1, -0.05) is 5.92 Å². The summed E-state index contributed by atoms with van der Waals surface area (Å²) in [5.41, 5.74) is 1.18. The van der Waals surface area contributed by atoms with E-state index < -0.39 is 0 Å². The number of rotatable bonds is 6. The van der Waals surface area contributed by atoms with Crippen LogP contribution in [0.2, 0.25) is 0 Å². The molecule has 0 bridgehead atoms. The fourth-order valence-electron chi connectivity index (χ4n) is 1.43. The van der Waals surface area contributed by atoms with Crippen LogP contribution in [0.4, 0.5) is 5.69 Å². The molecule has 5 nitrogen and oxygen atoms in total. The van der Waals surface area contributed by atoms with E-state index in [0.29, 0.717) is 23.5 Å². The summed E-state index contributed by atoms with van der Waals surface area (Å²) < 4.78 is 5.48. The second-order valence-corrected chi connectivity index (χ2v) is 3.60. The highest BCUT2D eigenvalue weighted by atomic mass is 16.5. The van der Waals surface area contributed by atoms with Gasteiger partial charge in [0.2, 0.25) is 0 Å². The number of anilines is 1. The van der Waals surface area contributed by atoms with Gasteiger partial charge in [-0.3, -0.25) is 4.79 Å². The van der Waals surface area contributed by atoms with Crippen molar-refractivity contribution >= 4 is 11.6 Å². The molecule has 0 spiro atoms. The summed E-state index contributed by atoms with van der Waals surface area (Å²) in [5.74, 6) is 2.77. The maximum absolute atomic E-state index is 11.5. The molecule has 0 heterocycles. The molecule has 0 unspecified atom stereocenters. The first-order valence-corrected chi connectivity index (χ1v) is 5.76. The van der Waals surface area contributed by atoms with E-state index in [1.807, 2.05) is 6.07 Å². The zero-order chi connectivity index (χ0) is 14.1. The first kappa shape index (κ1) is 14.4. The Labute approximate surface area is 112 Å². The molecule has 0 aliphatic carbocycles. The van der Waals surface area contributed by atoms with Gasteiger partial charge in [-0.05, 0) is 18.2 Å². The highest BCUT2D eigenvalue weighted by Crippen LogP contribution is 2.26. The molecule has 1 aromatic rings. The Balaban J connectivity index is 2.94. The Morgan fingerprint density at radius 1 is 1.53 bits per heavy atom. The molecule has 2 N–H and O–H groups in total. The zero-order valence-electron chi connectivity index (χ0n) is 10.7.